The van der Waals surface area contributed by atoms with E-state index in [1.165, 1.54) is 0 Å². The molecule has 0 heterocycles. The van der Waals surface area contributed by atoms with Crippen molar-refractivity contribution in [1.29, 1.82) is 0 Å². The third-order valence-electron chi connectivity index (χ3n) is 4.60. The molecule has 31 heavy (non-hydrogen) atoms. The Kier molecular flexibility index (Phi) is 8.44. The standard InChI is InChI=1S/C21H24N2O8/c1-14-6-7-20(31-13-29-3)19(9-14)15(2)5-4-8-30-21(24)16-10-17(22(25)26)12-18(11-16)23(27)28/h6-7,9-12,15H,4-5,8,13H2,1-3H3/t15-/m1/s1. The molecule has 0 N–H and O–H groups in total. The molecule has 2 rings (SSSR count). The number of carbonyl (C=O) groups is 1. The first-order valence-corrected chi connectivity index (χ1v) is 9.56. The molecule has 0 saturated carbocycles. The lowest BCUT2D eigenvalue weighted by Gasteiger charge is -2.17. The monoisotopic (exact) mass is 432 g/mol. The second-order valence-corrected chi connectivity index (χ2v) is 7.02. The van der Waals surface area contributed by atoms with Gasteiger partial charge in [0, 0.05) is 19.2 Å². The summed E-state index contributed by atoms with van der Waals surface area (Å²) in [7, 11) is 1.54. The molecule has 0 amide bonds. The number of hydrogen-bond donors (Lipinski definition) is 0. The third kappa shape index (κ3) is 6.75. The average molecular weight is 432 g/mol. The number of nitro benzene ring substituents is 2. The van der Waals surface area contributed by atoms with E-state index in [1.54, 1.807) is 7.11 Å². The number of aryl methyl sites for hydroxylation is 1. The van der Waals surface area contributed by atoms with Gasteiger partial charge < -0.3 is 14.2 Å². The molecular weight excluding hydrogens is 408 g/mol. The number of non-ortho nitro benzene ring substituents is 2. The molecule has 166 valence electrons. The van der Waals surface area contributed by atoms with Crippen LogP contribution in [0, 0.1) is 27.2 Å². The number of rotatable bonds is 11. The highest BCUT2D eigenvalue weighted by atomic mass is 16.7. The van der Waals surface area contributed by atoms with E-state index in [9.17, 15) is 25.0 Å². The lowest BCUT2D eigenvalue weighted by Crippen LogP contribution is -2.09. The Morgan fingerprint density at radius 1 is 1.06 bits per heavy atom. The summed E-state index contributed by atoms with van der Waals surface area (Å²) < 4.78 is 15.7. The van der Waals surface area contributed by atoms with Crippen LogP contribution in [-0.2, 0) is 9.47 Å². The fraction of sp³-hybridized carbons (Fsp3) is 0.381. The van der Waals surface area contributed by atoms with Crippen LogP contribution >= 0.6 is 0 Å². The summed E-state index contributed by atoms with van der Waals surface area (Å²) in [5.41, 5.74) is 0.779. The predicted molar refractivity (Wildman–Crippen MR) is 111 cm³/mol. The summed E-state index contributed by atoms with van der Waals surface area (Å²) in [5, 5.41) is 21.9. The van der Waals surface area contributed by atoms with Crippen LogP contribution in [-0.4, -0.2) is 36.3 Å². The minimum atomic E-state index is -0.848. The van der Waals surface area contributed by atoms with Crippen molar-refractivity contribution < 1.29 is 28.9 Å². The highest BCUT2D eigenvalue weighted by Gasteiger charge is 2.21. The van der Waals surface area contributed by atoms with Crippen molar-refractivity contribution in [2.45, 2.75) is 32.6 Å². The summed E-state index contributed by atoms with van der Waals surface area (Å²) in [4.78, 5) is 32.5. The van der Waals surface area contributed by atoms with Gasteiger partial charge in [-0.2, -0.15) is 0 Å². The van der Waals surface area contributed by atoms with Crippen molar-refractivity contribution in [3.8, 4) is 5.75 Å². The van der Waals surface area contributed by atoms with Crippen molar-refractivity contribution in [2.24, 2.45) is 0 Å². The summed E-state index contributed by atoms with van der Waals surface area (Å²) in [5.74, 6) is -0.00988. The zero-order chi connectivity index (χ0) is 23.0. The number of nitrogens with zero attached hydrogens (tertiary/aromatic N) is 2. The van der Waals surface area contributed by atoms with Gasteiger partial charge in [-0.3, -0.25) is 20.2 Å². The van der Waals surface area contributed by atoms with Crippen LogP contribution in [0.1, 0.15) is 47.2 Å². The molecule has 10 nitrogen and oxygen atoms in total. The van der Waals surface area contributed by atoms with Crippen LogP contribution in [0.15, 0.2) is 36.4 Å². The zero-order valence-electron chi connectivity index (χ0n) is 17.5. The van der Waals surface area contributed by atoms with E-state index in [4.69, 9.17) is 14.2 Å². The predicted octanol–water partition coefficient (Wildman–Crippen LogP) is 4.53. The van der Waals surface area contributed by atoms with Crippen molar-refractivity contribution in [3.63, 3.8) is 0 Å². The van der Waals surface area contributed by atoms with Crippen molar-refractivity contribution in [2.75, 3.05) is 20.5 Å². The van der Waals surface area contributed by atoms with Crippen LogP contribution < -0.4 is 4.74 Å². The number of methoxy groups -OCH3 is 1. The molecule has 2 aromatic rings. The van der Waals surface area contributed by atoms with Crippen LogP contribution in [0.4, 0.5) is 11.4 Å². The highest BCUT2D eigenvalue weighted by molar-refractivity contribution is 5.91. The third-order valence-corrected chi connectivity index (χ3v) is 4.60. The molecule has 0 saturated heterocycles. The van der Waals surface area contributed by atoms with Gasteiger partial charge in [-0.05, 0) is 37.3 Å². The maximum atomic E-state index is 12.2. The van der Waals surface area contributed by atoms with E-state index in [2.05, 4.69) is 0 Å². The van der Waals surface area contributed by atoms with E-state index in [-0.39, 0.29) is 24.9 Å². The van der Waals surface area contributed by atoms with Gasteiger partial charge in [-0.15, -0.1) is 0 Å². The number of carbonyl (C=O) groups excluding carboxylic acids is 1. The van der Waals surface area contributed by atoms with Crippen LogP contribution in [0.2, 0.25) is 0 Å². The Labute approximate surface area is 179 Å². The van der Waals surface area contributed by atoms with Crippen LogP contribution in [0.5, 0.6) is 5.75 Å². The second-order valence-electron chi connectivity index (χ2n) is 7.02. The van der Waals surface area contributed by atoms with E-state index in [1.807, 2.05) is 32.0 Å². The van der Waals surface area contributed by atoms with Gasteiger partial charge in [-0.25, -0.2) is 4.79 Å². The van der Waals surface area contributed by atoms with Gasteiger partial charge in [0.1, 0.15) is 5.75 Å². The number of nitro groups is 2. The molecule has 0 radical (unpaired) electrons. The molecule has 2 aromatic carbocycles. The lowest BCUT2D eigenvalue weighted by atomic mass is 9.94. The molecule has 0 aromatic heterocycles. The Hall–Kier alpha value is -3.53. The van der Waals surface area contributed by atoms with E-state index >= 15 is 0 Å². The Bertz CT molecular complexity index is 928. The van der Waals surface area contributed by atoms with Gasteiger partial charge in [0.15, 0.2) is 6.79 Å². The quantitative estimate of drug-likeness (QED) is 0.166. The Morgan fingerprint density at radius 2 is 1.71 bits per heavy atom. The minimum absolute atomic E-state index is 0.0692. The number of hydrogen-bond acceptors (Lipinski definition) is 8. The number of ether oxygens (including phenoxy) is 3. The molecular formula is C21H24N2O8. The van der Waals surface area contributed by atoms with Gasteiger partial charge in [0.2, 0.25) is 0 Å². The maximum Gasteiger partial charge on any atom is 0.338 e. The fourth-order valence-electron chi connectivity index (χ4n) is 3.02. The molecule has 1 atom stereocenters. The van der Waals surface area contributed by atoms with Gasteiger partial charge >= 0.3 is 5.97 Å². The number of benzene rings is 2. The first-order valence-electron chi connectivity index (χ1n) is 9.56. The molecule has 0 aliphatic heterocycles. The Balaban J connectivity index is 1.97. The summed E-state index contributed by atoms with van der Waals surface area (Å²) >= 11 is 0. The van der Waals surface area contributed by atoms with E-state index in [0.717, 1.165) is 35.1 Å². The number of esters is 1. The molecule has 0 aliphatic rings. The minimum Gasteiger partial charge on any atom is -0.467 e. The zero-order valence-corrected chi connectivity index (χ0v) is 17.5. The van der Waals surface area contributed by atoms with E-state index in [0.29, 0.717) is 12.8 Å². The average Bonchev–Trinajstić information content (AvgIpc) is 2.75. The van der Waals surface area contributed by atoms with Crippen molar-refractivity contribution in [1.82, 2.24) is 0 Å². The van der Waals surface area contributed by atoms with Crippen molar-refractivity contribution in [3.05, 3.63) is 73.3 Å². The lowest BCUT2D eigenvalue weighted by molar-refractivity contribution is -0.394. The van der Waals surface area contributed by atoms with Crippen LogP contribution in [0.3, 0.4) is 0 Å². The molecule has 10 heteroatoms. The summed E-state index contributed by atoms with van der Waals surface area (Å²) in [6.45, 7) is 4.21. The highest BCUT2D eigenvalue weighted by Crippen LogP contribution is 2.31. The first-order chi connectivity index (χ1) is 14.7. The van der Waals surface area contributed by atoms with Gasteiger partial charge in [0.25, 0.3) is 11.4 Å². The first kappa shape index (κ1) is 23.7. The normalized spacial score (nSPS) is 11.6. The van der Waals surface area contributed by atoms with Gasteiger partial charge in [0.05, 0.1) is 28.1 Å². The maximum absolute atomic E-state index is 12.2. The van der Waals surface area contributed by atoms with Crippen molar-refractivity contribution >= 4 is 17.3 Å². The smallest absolute Gasteiger partial charge is 0.338 e. The second kappa shape index (κ2) is 11.0. The molecule has 0 aliphatic carbocycles. The topological polar surface area (TPSA) is 131 Å². The molecule has 0 spiro atoms. The summed E-state index contributed by atoms with van der Waals surface area (Å²) in [6, 6.07) is 8.58. The Morgan fingerprint density at radius 3 is 2.29 bits per heavy atom. The molecule has 0 bridgehead atoms. The molecule has 0 unspecified atom stereocenters. The summed E-state index contributed by atoms with van der Waals surface area (Å²) in [6.07, 6.45) is 1.22. The molecule has 0 fully saturated rings. The van der Waals surface area contributed by atoms with E-state index < -0.39 is 27.2 Å². The van der Waals surface area contributed by atoms with Crippen LogP contribution in [0.25, 0.3) is 0 Å². The largest absolute Gasteiger partial charge is 0.467 e. The van der Waals surface area contributed by atoms with Gasteiger partial charge in [-0.1, -0.05) is 24.6 Å². The SMILES string of the molecule is COCOc1ccc(C)cc1[C@H](C)CCCOC(=O)c1cc([N+](=O)[O-])cc([N+](=O)[O-])c1. The fourth-order valence-corrected chi connectivity index (χ4v) is 3.02.